The molecule has 0 aliphatic rings. The van der Waals surface area contributed by atoms with Gasteiger partial charge in [0.05, 0.1) is 5.88 Å². The van der Waals surface area contributed by atoms with Gasteiger partial charge in [0.1, 0.15) is 17.1 Å². The van der Waals surface area contributed by atoms with E-state index in [9.17, 15) is 0 Å². The van der Waals surface area contributed by atoms with Gasteiger partial charge >= 0.3 is 0 Å². The summed E-state index contributed by atoms with van der Waals surface area (Å²) in [6, 6.07) is 11.9. The highest BCUT2D eigenvalue weighted by molar-refractivity contribution is 6.17. The number of benzene rings is 1. The van der Waals surface area contributed by atoms with Gasteiger partial charge in [-0.25, -0.2) is 0 Å². The molecule has 0 saturated heterocycles. The number of aromatic nitrogens is 2. The fourth-order valence-electron chi connectivity index (χ4n) is 2.25. The van der Waals surface area contributed by atoms with Crippen LogP contribution in [0.4, 0.5) is 0 Å². The van der Waals surface area contributed by atoms with Crippen molar-refractivity contribution in [2.24, 2.45) is 0 Å². The molecule has 0 unspecified atom stereocenters. The highest BCUT2D eigenvalue weighted by Crippen LogP contribution is 2.29. The van der Waals surface area contributed by atoms with Gasteiger partial charge in [0.15, 0.2) is 0 Å². The van der Waals surface area contributed by atoms with Crippen LogP contribution in [0.5, 0.6) is 11.6 Å². The highest BCUT2D eigenvalue weighted by Gasteiger charge is 2.13. The van der Waals surface area contributed by atoms with E-state index in [1.54, 1.807) is 0 Å². The predicted molar refractivity (Wildman–Crippen MR) is 80.7 cm³/mol. The van der Waals surface area contributed by atoms with E-state index in [2.05, 4.69) is 18.0 Å². The molecule has 0 spiro atoms. The molecule has 0 bridgehead atoms. The molecule has 3 aromatic rings. The molecule has 0 N–H and O–H groups in total. The minimum Gasteiger partial charge on any atom is -0.437 e. The van der Waals surface area contributed by atoms with Gasteiger partial charge in [-0.1, -0.05) is 23.8 Å². The van der Waals surface area contributed by atoms with Crippen molar-refractivity contribution in [2.45, 2.75) is 19.7 Å². The average molecular weight is 287 g/mol. The van der Waals surface area contributed by atoms with E-state index in [-0.39, 0.29) is 0 Å². The second-order valence-corrected chi connectivity index (χ2v) is 5.06. The maximum Gasteiger partial charge on any atom is 0.242 e. The predicted octanol–water partition coefficient (Wildman–Crippen LogP) is 4.48. The standard InChI is InChI=1S/C16H15ClN2O/c1-11-6-7-14(12(2)9-11)20-16-13(10-17)19-8-4-3-5-15(19)18-16/h3-9H,10H2,1-2H3. The van der Waals surface area contributed by atoms with Gasteiger partial charge in [0.25, 0.3) is 0 Å². The van der Waals surface area contributed by atoms with Crippen molar-refractivity contribution >= 4 is 17.2 Å². The summed E-state index contributed by atoms with van der Waals surface area (Å²) in [7, 11) is 0. The van der Waals surface area contributed by atoms with Crippen LogP contribution in [0, 0.1) is 13.8 Å². The number of rotatable bonds is 3. The first-order chi connectivity index (χ1) is 9.69. The second-order valence-electron chi connectivity index (χ2n) is 4.80. The molecule has 3 nitrogen and oxygen atoms in total. The molecule has 102 valence electrons. The molecular formula is C16H15ClN2O. The van der Waals surface area contributed by atoms with Gasteiger partial charge in [0.2, 0.25) is 5.88 Å². The SMILES string of the molecule is Cc1ccc(Oc2nc3ccccn3c2CCl)c(C)c1. The number of fused-ring (bicyclic) bond motifs is 1. The molecule has 0 amide bonds. The van der Waals surface area contributed by atoms with Gasteiger partial charge in [-0.3, -0.25) is 4.40 Å². The van der Waals surface area contributed by atoms with Crippen molar-refractivity contribution in [2.75, 3.05) is 0 Å². The molecule has 0 atom stereocenters. The van der Waals surface area contributed by atoms with E-state index < -0.39 is 0 Å². The minimum absolute atomic E-state index is 0.353. The number of alkyl halides is 1. The fourth-order valence-corrected chi connectivity index (χ4v) is 2.49. The van der Waals surface area contributed by atoms with Crippen LogP contribution in [-0.4, -0.2) is 9.38 Å². The Kier molecular flexibility index (Phi) is 3.36. The van der Waals surface area contributed by atoms with Crippen LogP contribution in [0.2, 0.25) is 0 Å². The number of ether oxygens (including phenoxy) is 1. The van der Waals surface area contributed by atoms with Crippen LogP contribution in [0.3, 0.4) is 0 Å². The molecule has 4 heteroatoms. The Morgan fingerprint density at radius 1 is 1.20 bits per heavy atom. The lowest BCUT2D eigenvalue weighted by Gasteiger charge is -2.08. The van der Waals surface area contributed by atoms with Crippen LogP contribution < -0.4 is 4.74 Å². The lowest BCUT2D eigenvalue weighted by Crippen LogP contribution is -1.93. The van der Waals surface area contributed by atoms with Crippen molar-refractivity contribution in [1.82, 2.24) is 9.38 Å². The zero-order valence-corrected chi connectivity index (χ0v) is 12.2. The Bertz CT molecular complexity index is 764. The first-order valence-corrected chi connectivity index (χ1v) is 6.99. The molecule has 20 heavy (non-hydrogen) atoms. The van der Waals surface area contributed by atoms with Gasteiger partial charge in [-0.2, -0.15) is 4.98 Å². The fraction of sp³-hybridized carbons (Fsp3) is 0.188. The van der Waals surface area contributed by atoms with E-state index in [1.165, 1.54) is 5.56 Å². The number of imidazole rings is 1. The summed E-state index contributed by atoms with van der Waals surface area (Å²) in [5, 5.41) is 0. The summed E-state index contributed by atoms with van der Waals surface area (Å²) in [6.45, 7) is 4.09. The van der Waals surface area contributed by atoms with E-state index in [4.69, 9.17) is 16.3 Å². The smallest absolute Gasteiger partial charge is 0.242 e. The summed E-state index contributed by atoms with van der Waals surface area (Å²) in [6.07, 6.45) is 1.94. The quantitative estimate of drug-likeness (QED) is 0.664. The lowest BCUT2D eigenvalue weighted by atomic mass is 10.1. The third-order valence-electron chi connectivity index (χ3n) is 3.26. The monoisotopic (exact) mass is 286 g/mol. The number of nitrogens with zero attached hydrogens (tertiary/aromatic N) is 2. The van der Waals surface area contributed by atoms with E-state index in [0.717, 1.165) is 22.7 Å². The number of pyridine rings is 1. The first-order valence-electron chi connectivity index (χ1n) is 6.46. The van der Waals surface area contributed by atoms with Crippen molar-refractivity contribution in [3.63, 3.8) is 0 Å². The molecule has 2 heterocycles. The first kappa shape index (κ1) is 13.0. The Balaban J connectivity index is 2.06. The zero-order valence-electron chi connectivity index (χ0n) is 11.4. The van der Waals surface area contributed by atoms with E-state index in [0.29, 0.717) is 11.8 Å². The van der Waals surface area contributed by atoms with Crippen molar-refractivity contribution in [1.29, 1.82) is 0 Å². The van der Waals surface area contributed by atoms with Crippen molar-refractivity contribution in [3.8, 4) is 11.6 Å². The van der Waals surface area contributed by atoms with Gasteiger partial charge < -0.3 is 4.74 Å². The average Bonchev–Trinajstić information content (AvgIpc) is 2.79. The Morgan fingerprint density at radius 3 is 2.80 bits per heavy atom. The Morgan fingerprint density at radius 2 is 2.05 bits per heavy atom. The molecule has 0 aliphatic carbocycles. The van der Waals surface area contributed by atoms with Crippen LogP contribution >= 0.6 is 11.6 Å². The minimum atomic E-state index is 0.353. The highest BCUT2D eigenvalue weighted by atomic mass is 35.5. The largest absolute Gasteiger partial charge is 0.437 e. The summed E-state index contributed by atoms with van der Waals surface area (Å²) >= 11 is 6.04. The molecule has 1 aromatic carbocycles. The van der Waals surface area contributed by atoms with E-state index >= 15 is 0 Å². The molecular weight excluding hydrogens is 272 g/mol. The second kappa shape index (κ2) is 5.17. The molecule has 3 rings (SSSR count). The van der Waals surface area contributed by atoms with Crippen LogP contribution in [-0.2, 0) is 5.88 Å². The molecule has 2 aromatic heterocycles. The summed E-state index contributed by atoms with van der Waals surface area (Å²) in [5.74, 6) is 1.73. The lowest BCUT2D eigenvalue weighted by molar-refractivity contribution is 0.458. The zero-order chi connectivity index (χ0) is 14.1. The molecule has 0 saturated carbocycles. The number of aryl methyl sites for hydroxylation is 2. The van der Waals surface area contributed by atoms with Crippen LogP contribution in [0.1, 0.15) is 16.8 Å². The molecule has 0 radical (unpaired) electrons. The summed E-state index contributed by atoms with van der Waals surface area (Å²) in [5.41, 5.74) is 4.00. The maximum absolute atomic E-state index is 6.04. The van der Waals surface area contributed by atoms with Crippen molar-refractivity contribution < 1.29 is 4.74 Å². The van der Waals surface area contributed by atoms with Crippen LogP contribution in [0.15, 0.2) is 42.6 Å². The van der Waals surface area contributed by atoms with E-state index in [1.807, 2.05) is 47.9 Å². The number of hydrogen-bond acceptors (Lipinski definition) is 2. The van der Waals surface area contributed by atoms with Gasteiger partial charge in [0, 0.05) is 6.20 Å². The third kappa shape index (κ3) is 2.25. The summed E-state index contributed by atoms with van der Waals surface area (Å²) in [4.78, 5) is 4.50. The van der Waals surface area contributed by atoms with Crippen molar-refractivity contribution in [3.05, 3.63) is 59.4 Å². The van der Waals surface area contributed by atoms with Crippen LogP contribution in [0.25, 0.3) is 5.65 Å². The number of halogens is 1. The number of hydrogen-bond donors (Lipinski definition) is 0. The molecule has 0 aliphatic heterocycles. The normalized spacial score (nSPS) is 10.9. The Labute approximate surface area is 122 Å². The third-order valence-corrected chi connectivity index (χ3v) is 3.51. The topological polar surface area (TPSA) is 26.5 Å². The van der Waals surface area contributed by atoms with Gasteiger partial charge in [-0.15, -0.1) is 11.6 Å². The molecule has 0 fully saturated rings. The summed E-state index contributed by atoms with van der Waals surface area (Å²) < 4.78 is 7.91. The Hall–Kier alpha value is -2.00. The van der Waals surface area contributed by atoms with Gasteiger partial charge in [-0.05, 0) is 37.6 Å². The maximum atomic E-state index is 6.04.